The fourth-order valence-electron chi connectivity index (χ4n) is 20.3. The number of fused-ring (bicyclic) bond motifs is 24. The van der Waals surface area contributed by atoms with Gasteiger partial charge in [-0.25, -0.2) is 0 Å². The number of hydrogen-bond acceptors (Lipinski definition) is 0. The molecule has 8 heteroatoms. The van der Waals surface area contributed by atoms with Crippen LogP contribution in [0.5, 0.6) is 0 Å². The van der Waals surface area contributed by atoms with E-state index in [-0.39, 0.29) is 0 Å². The highest BCUT2D eigenvalue weighted by atomic mass is 15.1. The lowest BCUT2D eigenvalue weighted by Gasteiger charge is -2.17. The average Bonchev–Trinajstić information content (AvgIpc) is 1.56. The fraction of sp³-hybridized carbons (Fsp3) is 0. The molecular weight excluding hydrogens is 1410 g/mol. The highest BCUT2D eigenvalue weighted by Crippen LogP contribution is 2.46. The second-order valence-corrected chi connectivity index (χ2v) is 31.1. The first-order chi connectivity index (χ1) is 57.6. The number of rotatable bonds is 9. The van der Waals surface area contributed by atoms with Crippen molar-refractivity contribution < 1.29 is 0 Å². The minimum atomic E-state index is 1.09. The predicted molar refractivity (Wildman–Crippen MR) is 487 cm³/mol. The molecule has 0 aliphatic heterocycles. The van der Waals surface area contributed by atoms with E-state index in [1.165, 1.54) is 119 Å². The minimum absolute atomic E-state index is 1.09. The van der Waals surface area contributed by atoms with Crippen LogP contribution in [0.3, 0.4) is 0 Å². The smallest absolute Gasteiger partial charge is 0.0702 e. The summed E-state index contributed by atoms with van der Waals surface area (Å²) < 4.78 is 19.7. The van der Waals surface area contributed by atoms with Crippen molar-refractivity contribution in [3.63, 3.8) is 0 Å². The van der Waals surface area contributed by atoms with E-state index < -0.39 is 0 Å². The van der Waals surface area contributed by atoms with Crippen molar-refractivity contribution in [1.29, 1.82) is 0 Å². The van der Waals surface area contributed by atoms with Crippen molar-refractivity contribution in [2.24, 2.45) is 0 Å². The maximum absolute atomic E-state index is 2.50. The summed E-state index contributed by atoms with van der Waals surface area (Å²) in [5, 5.41) is 19.4. The molecule has 0 fully saturated rings. The number of nitrogens with zero attached hydrogens (tertiary/aromatic N) is 8. The van der Waals surface area contributed by atoms with Gasteiger partial charge in [-0.1, -0.05) is 224 Å². The predicted octanol–water partition coefficient (Wildman–Crippen LogP) is 28.1. The first-order valence-corrected chi connectivity index (χ1v) is 40.0. The van der Waals surface area contributed by atoms with E-state index in [4.69, 9.17) is 0 Å². The fourth-order valence-corrected chi connectivity index (χ4v) is 20.3. The van der Waals surface area contributed by atoms with Crippen molar-refractivity contribution in [1.82, 2.24) is 36.5 Å². The maximum Gasteiger partial charge on any atom is 0.0702 e. The van der Waals surface area contributed by atoms with E-state index in [0.29, 0.717) is 0 Å². The molecule has 116 heavy (non-hydrogen) atoms. The maximum atomic E-state index is 2.50. The van der Waals surface area contributed by atoms with Crippen LogP contribution < -0.4 is 0 Å². The van der Waals surface area contributed by atoms with Crippen molar-refractivity contribution >= 4 is 174 Å². The van der Waals surface area contributed by atoms with Gasteiger partial charge in [0, 0.05) is 120 Å². The van der Waals surface area contributed by atoms with Crippen LogP contribution >= 0.6 is 0 Å². The third-order valence-corrected chi connectivity index (χ3v) is 25.2. The number of aromatic nitrogens is 8. The van der Waals surface area contributed by atoms with Crippen molar-refractivity contribution in [2.45, 2.75) is 0 Å². The summed E-state index contributed by atoms with van der Waals surface area (Å²) in [6.45, 7) is 0. The molecule has 0 aliphatic carbocycles. The highest BCUT2D eigenvalue weighted by molar-refractivity contribution is 6.19. The average molecular weight is 1480 g/mol. The van der Waals surface area contributed by atoms with Gasteiger partial charge in [0.05, 0.1) is 99.6 Å². The minimum Gasteiger partial charge on any atom is -0.309 e. The molecule has 0 saturated heterocycles. The third-order valence-electron chi connectivity index (χ3n) is 25.2. The van der Waals surface area contributed by atoms with E-state index in [1.807, 2.05) is 0 Å². The van der Waals surface area contributed by atoms with Gasteiger partial charge in [-0.15, -0.1) is 0 Å². The van der Waals surface area contributed by atoms with Crippen molar-refractivity contribution in [3.8, 4) is 56.6 Å². The summed E-state index contributed by atoms with van der Waals surface area (Å²) in [7, 11) is 0. The first kappa shape index (κ1) is 63.0. The van der Waals surface area contributed by atoms with Gasteiger partial charge in [-0.2, -0.15) is 0 Å². The van der Waals surface area contributed by atoms with Gasteiger partial charge in [0.25, 0.3) is 0 Å². The van der Waals surface area contributed by atoms with E-state index in [2.05, 4.69) is 437 Å². The number of hydrogen-bond donors (Lipinski definition) is 0. The molecule has 0 atom stereocenters. The van der Waals surface area contributed by atoms with Crippen LogP contribution in [-0.2, 0) is 0 Å². The Kier molecular flexibility index (Phi) is 13.0. The molecule has 0 N–H and O–H groups in total. The Bertz CT molecular complexity index is 8590. The van der Waals surface area contributed by atoms with Gasteiger partial charge in [0.15, 0.2) is 0 Å². The molecule has 0 saturated carbocycles. The zero-order valence-electron chi connectivity index (χ0n) is 62.7. The van der Waals surface area contributed by atoms with Crippen LogP contribution in [0.15, 0.2) is 400 Å². The van der Waals surface area contributed by atoms with Gasteiger partial charge in [-0.05, 0) is 187 Å². The number of para-hydroxylation sites is 12. The van der Waals surface area contributed by atoms with E-state index in [9.17, 15) is 0 Å². The van der Waals surface area contributed by atoms with Gasteiger partial charge in [-0.3, -0.25) is 0 Å². The van der Waals surface area contributed by atoms with Gasteiger partial charge in [0.1, 0.15) is 0 Å². The molecule has 0 aliphatic rings. The molecule has 0 amide bonds. The molecule has 0 bridgehead atoms. The summed E-state index contributed by atoms with van der Waals surface area (Å²) in [6.07, 6.45) is 0. The zero-order chi connectivity index (χ0) is 75.5. The summed E-state index contributed by atoms with van der Waals surface area (Å²) >= 11 is 0. The monoisotopic (exact) mass is 1470 g/mol. The molecule has 0 unspecified atom stereocenters. The Morgan fingerprint density at radius 1 is 0.103 bits per heavy atom. The van der Waals surface area contributed by atoms with Crippen LogP contribution in [0, 0.1) is 0 Å². The number of benzene rings is 18. The zero-order valence-corrected chi connectivity index (χ0v) is 62.7. The van der Waals surface area contributed by atoms with Crippen LogP contribution in [-0.4, -0.2) is 36.5 Å². The largest absolute Gasteiger partial charge is 0.309 e. The van der Waals surface area contributed by atoms with Crippen molar-refractivity contribution in [2.75, 3.05) is 0 Å². The first-order valence-electron chi connectivity index (χ1n) is 40.0. The Hall–Kier alpha value is -15.6. The molecule has 8 heterocycles. The molecule has 8 nitrogen and oxygen atoms in total. The quantitative estimate of drug-likeness (QED) is 0.138. The highest BCUT2D eigenvalue weighted by Gasteiger charge is 2.26. The molecule has 26 rings (SSSR count). The van der Waals surface area contributed by atoms with Gasteiger partial charge >= 0.3 is 0 Å². The molecule has 8 aromatic heterocycles. The topological polar surface area (TPSA) is 39.4 Å². The van der Waals surface area contributed by atoms with Crippen LogP contribution in [0.1, 0.15) is 0 Å². The summed E-state index contributed by atoms with van der Waals surface area (Å²) in [4.78, 5) is 0. The normalized spacial score (nSPS) is 12.3. The standard InChI is InChI=1S/C108H66N8/c1-11-36-91-75(26-1)76-27-2-12-37-92(76)109(91)69-24-23-25-70(62-69)110-101-56-50-72(112-95-40-15-5-30-79(95)80-31-6-16-41-96(80)112)65-89(101)90-66-74(51-57-102(90)110)114-98-43-18-8-33-82(98)86-55-49-68(61-108(86)114)67-48-54-85-81-32-7-17-42-97(81)113(107(85)60-67)73-53-59-104-88(64-73)84-35-10-20-45-100(84)116(104)106-47-22-21-46-105(106)115-99-44-19-9-34-83(99)87-63-71(52-58-103(87)115)111-93-38-13-3-28-77(93)78-29-4-14-39-94(78)111/h1-66H. The molecule has 18 aromatic carbocycles. The summed E-state index contributed by atoms with van der Waals surface area (Å²) in [5.41, 5.74) is 29.7. The van der Waals surface area contributed by atoms with Gasteiger partial charge in [0.2, 0.25) is 0 Å². The van der Waals surface area contributed by atoms with E-state index >= 15 is 0 Å². The van der Waals surface area contributed by atoms with Crippen molar-refractivity contribution in [3.05, 3.63) is 400 Å². The van der Waals surface area contributed by atoms with Crippen LogP contribution in [0.25, 0.3) is 231 Å². The Morgan fingerprint density at radius 3 is 0.569 bits per heavy atom. The molecule has 0 spiro atoms. The SMILES string of the molecule is c1cc(-n2c3ccccc3c3ccccc32)cc(-n2c3ccc(-n4c5ccccc5c5ccccc54)cc3c3cc(-n4c5ccccc5c5ccc(-c6ccc7c8ccccc8n(-c8ccc9c(c8)c8ccccc8n9-c8ccccc8-n8c9ccccc9c9cc(-n%10c%11ccccc%11c%11ccccc%11%10)ccc98)c7c6)cc54)ccc32)c1. The summed E-state index contributed by atoms with van der Waals surface area (Å²) in [6, 6.07) is 149. The summed E-state index contributed by atoms with van der Waals surface area (Å²) in [5.74, 6) is 0. The molecular formula is C108H66N8. The van der Waals surface area contributed by atoms with E-state index in [0.717, 1.165) is 112 Å². The molecule has 26 aromatic rings. The van der Waals surface area contributed by atoms with Gasteiger partial charge < -0.3 is 36.5 Å². The van der Waals surface area contributed by atoms with Crippen LogP contribution in [0.4, 0.5) is 0 Å². The Labute approximate surface area is 663 Å². The third kappa shape index (κ3) is 8.81. The second-order valence-electron chi connectivity index (χ2n) is 31.1. The lowest BCUT2D eigenvalue weighted by atomic mass is 10.0. The lowest BCUT2D eigenvalue weighted by molar-refractivity contribution is 1.09. The lowest BCUT2D eigenvalue weighted by Crippen LogP contribution is -2.03. The van der Waals surface area contributed by atoms with Crippen LogP contribution in [0.2, 0.25) is 0 Å². The Balaban J connectivity index is 0.623. The molecule has 0 radical (unpaired) electrons. The Morgan fingerprint density at radius 2 is 0.293 bits per heavy atom. The molecule has 538 valence electrons. The van der Waals surface area contributed by atoms with E-state index in [1.54, 1.807) is 0 Å². The second kappa shape index (κ2) is 23.9.